The Morgan fingerprint density at radius 2 is 2.29 bits per heavy atom. The van der Waals surface area contributed by atoms with Gasteiger partial charge in [-0.15, -0.1) is 12.4 Å². The highest BCUT2D eigenvalue weighted by molar-refractivity contribution is 6.30. The number of nitrogens with one attached hydrogen (secondary N) is 2. The quantitative estimate of drug-likeness (QED) is 0.871. The highest BCUT2D eigenvalue weighted by Gasteiger charge is 2.29. The summed E-state index contributed by atoms with van der Waals surface area (Å²) in [6, 6.07) is 7.21. The minimum Gasteiger partial charge on any atom is -0.325 e. The van der Waals surface area contributed by atoms with E-state index in [1.807, 2.05) is 19.2 Å². The van der Waals surface area contributed by atoms with Crippen molar-refractivity contribution in [1.82, 2.24) is 10.2 Å². The van der Waals surface area contributed by atoms with Crippen LogP contribution in [0.1, 0.15) is 13.3 Å². The Bertz CT molecular complexity index is 476. The van der Waals surface area contributed by atoms with Gasteiger partial charge in [0.15, 0.2) is 0 Å². The molecule has 118 valence electrons. The van der Waals surface area contributed by atoms with Gasteiger partial charge in [0, 0.05) is 23.8 Å². The Labute approximate surface area is 137 Å². The lowest BCUT2D eigenvalue weighted by Gasteiger charge is -2.28. The van der Waals surface area contributed by atoms with E-state index in [0.29, 0.717) is 11.6 Å². The highest BCUT2D eigenvalue weighted by Crippen LogP contribution is 2.25. The predicted molar refractivity (Wildman–Crippen MR) is 90.4 cm³/mol. The van der Waals surface area contributed by atoms with Gasteiger partial charge in [0.05, 0.1) is 6.54 Å². The van der Waals surface area contributed by atoms with E-state index in [1.54, 1.807) is 12.1 Å². The monoisotopic (exact) mass is 331 g/mol. The minimum atomic E-state index is -0.00989. The van der Waals surface area contributed by atoms with E-state index in [2.05, 4.69) is 22.5 Å². The molecule has 0 saturated carbocycles. The summed E-state index contributed by atoms with van der Waals surface area (Å²) >= 11 is 5.90. The van der Waals surface area contributed by atoms with Crippen LogP contribution >= 0.6 is 24.0 Å². The average Bonchev–Trinajstić information content (AvgIpc) is 2.74. The van der Waals surface area contributed by atoms with Crippen molar-refractivity contribution in [3.05, 3.63) is 29.3 Å². The number of hydrogen-bond donors (Lipinski definition) is 2. The molecule has 1 fully saturated rings. The zero-order chi connectivity index (χ0) is 14.6. The molecule has 0 aliphatic carbocycles. The van der Waals surface area contributed by atoms with Crippen molar-refractivity contribution >= 4 is 35.6 Å². The molecule has 1 aliphatic rings. The average molecular weight is 332 g/mol. The third-order valence-corrected chi connectivity index (χ3v) is 3.87. The highest BCUT2D eigenvalue weighted by atomic mass is 35.5. The SMILES string of the molecule is CN(CC(=O)Nc1cccc(Cl)c1)CC1(C)CCNC1.Cl. The van der Waals surface area contributed by atoms with Crippen LogP contribution in [-0.4, -0.2) is 44.0 Å². The number of anilines is 1. The second kappa shape index (κ2) is 7.99. The summed E-state index contributed by atoms with van der Waals surface area (Å²) in [6.07, 6.45) is 1.16. The smallest absolute Gasteiger partial charge is 0.238 e. The van der Waals surface area contributed by atoms with E-state index < -0.39 is 0 Å². The van der Waals surface area contributed by atoms with E-state index in [-0.39, 0.29) is 23.7 Å². The number of carbonyl (C=O) groups is 1. The van der Waals surface area contributed by atoms with Gasteiger partial charge < -0.3 is 10.6 Å². The molecule has 6 heteroatoms. The number of nitrogens with zero attached hydrogens (tertiary/aromatic N) is 1. The first-order chi connectivity index (χ1) is 9.47. The summed E-state index contributed by atoms with van der Waals surface area (Å²) in [4.78, 5) is 14.1. The van der Waals surface area contributed by atoms with Crippen LogP contribution < -0.4 is 10.6 Å². The summed E-state index contributed by atoms with van der Waals surface area (Å²) < 4.78 is 0. The Balaban J connectivity index is 0.00000220. The topological polar surface area (TPSA) is 44.4 Å². The zero-order valence-corrected chi connectivity index (χ0v) is 14.1. The van der Waals surface area contributed by atoms with Gasteiger partial charge in [0.2, 0.25) is 5.91 Å². The first-order valence-electron chi connectivity index (χ1n) is 6.92. The lowest BCUT2D eigenvalue weighted by molar-refractivity contribution is -0.117. The van der Waals surface area contributed by atoms with E-state index >= 15 is 0 Å². The molecule has 0 aromatic heterocycles. The van der Waals surface area contributed by atoms with Crippen LogP contribution in [0.25, 0.3) is 0 Å². The van der Waals surface area contributed by atoms with E-state index in [9.17, 15) is 4.79 Å². The third-order valence-electron chi connectivity index (χ3n) is 3.63. The summed E-state index contributed by atoms with van der Waals surface area (Å²) in [6.45, 7) is 5.66. The molecule has 1 heterocycles. The van der Waals surface area contributed by atoms with Crippen LogP contribution in [0.5, 0.6) is 0 Å². The van der Waals surface area contributed by atoms with E-state index in [0.717, 1.165) is 31.7 Å². The van der Waals surface area contributed by atoms with E-state index in [4.69, 9.17) is 11.6 Å². The molecule has 21 heavy (non-hydrogen) atoms. The van der Waals surface area contributed by atoms with Crippen molar-refractivity contribution in [3.8, 4) is 0 Å². The second-order valence-corrected chi connectivity index (χ2v) is 6.40. The van der Waals surface area contributed by atoms with Gasteiger partial charge in [0.25, 0.3) is 0 Å². The molecule has 0 bridgehead atoms. The molecule has 2 N–H and O–H groups in total. The number of amides is 1. The number of carbonyl (C=O) groups excluding carboxylic acids is 1. The second-order valence-electron chi connectivity index (χ2n) is 5.97. The van der Waals surface area contributed by atoms with Crippen molar-refractivity contribution in [2.75, 3.05) is 38.5 Å². The lowest BCUT2D eigenvalue weighted by Crippen LogP contribution is -2.39. The summed E-state index contributed by atoms with van der Waals surface area (Å²) in [7, 11) is 1.99. The summed E-state index contributed by atoms with van der Waals surface area (Å²) in [5.74, 6) is -0.00989. The van der Waals surface area contributed by atoms with Gasteiger partial charge in [-0.2, -0.15) is 0 Å². The molecule has 0 spiro atoms. The van der Waals surface area contributed by atoms with Crippen LogP contribution in [0, 0.1) is 5.41 Å². The van der Waals surface area contributed by atoms with Crippen molar-refractivity contribution in [3.63, 3.8) is 0 Å². The molecule has 1 aliphatic heterocycles. The molecule has 1 amide bonds. The van der Waals surface area contributed by atoms with Gasteiger partial charge in [0.1, 0.15) is 0 Å². The molecular formula is C15H23Cl2N3O. The molecule has 1 saturated heterocycles. The van der Waals surface area contributed by atoms with Crippen LogP contribution in [0.3, 0.4) is 0 Å². The number of likely N-dealkylation sites (N-methyl/N-ethyl adjacent to an activating group) is 1. The van der Waals surface area contributed by atoms with Crippen molar-refractivity contribution < 1.29 is 4.79 Å². The molecule has 2 rings (SSSR count). The number of rotatable bonds is 5. The maximum absolute atomic E-state index is 12.0. The van der Waals surface area contributed by atoms with Crippen LogP contribution in [0.4, 0.5) is 5.69 Å². The summed E-state index contributed by atoms with van der Waals surface area (Å²) in [5.41, 5.74) is 1.01. The van der Waals surface area contributed by atoms with Crippen molar-refractivity contribution in [2.24, 2.45) is 5.41 Å². The molecular weight excluding hydrogens is 309 g/mol. The fraction of sp³-hybridized carbons (Fsp3) is 0.533. The van der Waals surface area contributed by atoms with Crippen LogP contribution in [0.15, 0.2) is 24.3 Å². The lowest BCUT2D eigenvalue weighted by atomic mass is 9.89. The third kappa shape index (κ3) is 5.83. The number of hydrogen-bond acceptors (Lipinski definition) is 3. The molecule has 1 atom stereocenters. The minimum absolute atomic E-state index is 0. The maximum Gasteiger partial charge on any atom is 0.238 e. The van der Waals surface area contributed by atoms with Gasteiger partial charge in [-0.05, 0) is 43.6 Å². The Morgan fingerprint density at radius 1 is 1.52 bits per heavy atom. The van der Waals surface area contributed by atoms with Gasteiger partial charge in [-0.1, -0.05) is 24.6 Å². The van der Waals surface area contributed by atoms with Crippen LogP contribution in [0.2, 0.25) is 5.02 Å². The first kappa shape index (κ1) is 18.2. The standard InChI is InChI=1S/C15H22ClN3O.ClH/c1-15(6-7-17-10-15)11-19(2)9-14(20)18-13-5-3-4-12(16)8-13;/h3-5,8,17H,6-7,9-11H2,1-2H3,(H,18,20);1H. The van der Waals surface area contributed by atoms with Gasteiger partial charge in [-0.3, -0.25) is 9.69 Å². The Hall–Kier alpha value is -0.810. The first-order valence-corrected chi connectivity index (χ1v) is 7.29. The Kier molecular flexibility index (Phi) is 6.94. The summed E-state index contributed by atoms with van der Waals surface area (Å²) in [5, 5.41) is 6.87. The number of halogens is 2. The molecule has 1 aromatic rings. The Morgan fingerprint density at radius 3 is 2.90 bits per heavy atom. The zero-order valence-electron chi connectivity index (χ0n) is 12.5. The molecule has 1 unspecified atom stereocenters. The number of benzene rings is 1. The fourth-order valence-corrected chi connectivity index (χ4v) is 2.91. The maximum atomic E-state index is 12.0. The van der Waals surface area contributed by atoms with Gasteiger partial charge in [-0.25, -0.2) is 0 Å². The van der Waals surface area contributed by atoms with Crippen molar-refractivity contribution in [2.45, 2.75) is 13.3 Å². The van der Waals surface area contributed by atoms with Crippen LogP contribution in [-0.2, 0) is 4.79 Å². The molecule has 0 radical (unpaired) electrons. The fourth-order valence-electron chi connectivity index (χ4n) is 2.72. The van der Waals surface area contributed by atoms with E-state index in [1.165, 1.54) is 0 Å². The molecule has 4 nitrogen and oxygen atoms in total. The normalized spacial score (nSPS) is 21.1. The van der Waals surface area contributed by atoms with Crippen molar-refractivity contribution in [1.29, 1.82) is 0 Å². The molecule has 1 aromatic carbocycles. The largest absolute Gasteiger partial charge is 0.325 e. The predicted octanol–water partition coefficient (Wildman–Crippen LogP) is 2.63. The van der Waals surface area contributed by atoms with Gasteiger partial charge >= 0.3 is 0 Å².